The van der Waals surface area contributed by atoms with Crippen molar-refractivity contribution in [2.75, 3.05) is 52.4 Å². The first kappa shape index (κ1) is 20.6. The van der Waals surface area contributed by atoms with Crippen molar-refractivity contribution in [3.63, 3.8) is 0 Å². The average molecular weight is 415 g/mol. The molecule has 4 rings (SSSR count). The Hall–Kier alpha value is -2.71. The third kappa shape index (κ3) is 4.88. The normalized spacial score (nSPS) is 20.8. The van der Waals surface area contributed by atoms with E-state index in [9.17, 15) is 14.0 Å². The summed E-state index contributed by atoms with van der Waals surface area (Å²) in [5.41, 5.74) is 1.06. The van der Waals surface area contributed by atoms with Gasteiger partial charge < -0.3 is 19.0 Å². The van der Waals surface area contributed by atoms with E-state index in [1.807, 2.05) is 4.90 Å². The minimum absolute atomic E-state index is 0.0380. The van der Waals surface area contributed by atoms with E-state index < -0.39 is 0 Å². The maximum absolute atomic E-state index is 13.1. The Morgan fingerprint density at radius 1 is 0.933 bits per heavy atom. The first-order chi connectivity index (χ1) is 14.6. The zero-order valence-electron chi connectivity index (χ0n) is 16.8. The predicted molar refractivity (Wildman–Crippen MR) is 108 cm³/mol. The molecule has 0 N–H and O–H groups in total. The lowest BCUT2D eigenvalue weighted by Gasteiger charge is -2.35. The van der Waals surface area contributed by atoms with Crippen molar-refractivity contribution in [1.29, 1.82) is 0 Å². The summed E-state index contributed by atoms with van der Waals surface area (Å²) in [6, 6.07) is 7.36. The highest BCUT2D eigenvalue weighted by atomic mass is 19.1. The molecule has 1 aromatic carbocycles. The van der Waals surface area contributed by atoms with Crippen molar-refractivity contribution >= 4 is 11.8 Å². The van der Waals surface area contributed by atoms with E-state index in [1.165, 1.54) is 36.8 Å². The highest BCUT2D eigenvalue weighted by Gasteiger charge is 2.28. The van der Waals surface area contributed by atoms with Crippen LogP contribution in [0.25, 0.3) is 0 Å². The Kier molecular flexibility index (Phi) is 6.44. The summed E-state index contributed by atoms with van der Waals surface area (Å²) in [5, 5.41) is 0. The number of carbonyl (C=O) groups is 2. The summed E-state index contributed by atoms with van der Waals surface area (Å²) in [7, 11) is 0. The van der Waals surface area contributed by atoms with Gasteiger partial charge in [-0.2, -0.15) is 0 Å². The monoisotopic (exact) mass is 415 g/mol. The van der Waals surface area contributed by atoms with E-state index in [-0.39, 0.29) is 23.7 Å². The zero-order valence-corrected chi connectivity index (χ0v) is 16.8. The molecule has 2 saturated heterocycles. The summed E-state index contributed by atoms with van der Waals surface area (Å²) >= 11 is 0. The van der Waals surface area contributed by atoms with Gasteiger partial charge in [-0.1, -0.05) is 0 Å². The number of carbonyl (C=O) groups excluding carboxylic acids is 2. The van der Waals surface area contributed by atoms with Crippen LogP contribution in [-0.4, -0.2) is 85.0 Å². The Morgan fingerprint density at radius 3 is 2.50 bits per heavy atom. The Morgan fingerprint density at radius 2 is 1.73 bits per heavy atom. The summed E-state index contributed by atoms with van der Waals surface area (Å²) in [5.74, 6) is -0.451. The molecular weight excluding hydrogens is 389 g/mol. The van der Waals surface area contributed by atoms with Gasteiger partial charge in [0.1, 0.15) is 12.1 Å². The van der Waals surface area contributed by atoms with Gasteiger partial charge in [-0.25, -0.2) is 4.39 Å². The zero-order chi connectivity index (χ0) is 20.9. The molecule has 2 aromatic rings. The molecule has 0 spiro atoms. The van der Waals surface area contributed by atoms with Crippen LogP contribution < -0.4 is 0 Å². The summed E-state index contributed by atoms with van der Waals surface area (Å²) in [4.78, 5) is 31.2. The van der Waals surface area contributed by atoms with Gasteiger partial charge >= 0.3 is 0 Å². The number of rotatable bonds is 4. The van der Waals surface area contributed by atoms with Crippen LogP contribution in [0.1, 0.15) is 27.1 Å². The molecule has 2 aliphatic heterocycles. The molecule has 8 heteroatoms. The van der Waals surface area contributed by atoms with Crippen molar-refractivity contribution in [1.82, 2.24) is 14.7 Å². The molecule has 2 fully saturated rings. The highest BCUT2D eigenvalue weighted by molar-refractivity contribution is 5.94. The van der Waals surface area contributed by atoms with E-state index in [0.717, 1.165) is 19.5 Å². The smallest absolute Gasteiger partial charge is 0.257 e. The fourth-order valence-electron chi connectivity index (χ4n) is 4.00. The van der Waals surface area contributed by atoms with Gasteiger partial charge in [-0.05, 0) is 43.3 Å². The first-order valence-electron chi connectivity index (χ1n) is 10.3. The van der Waals surface area contributed by atoms with Crippen molar-refractivity contribution in [3.8, 4) is 0 Å². The lowest BCUT2D eigenvalue weighted by atomic mass is 10.2. The maximum atomic E-state index is 13.1. The van der Waals surface area contributed by atoms with E-state index in [0.29, 0.717) is 50.5 Å². The van der Waals surface area contributed by atoms with E-state index in [2.05, 4.69) is 4.90 Å². The average Bonchev–Trinajstić information content (AvgIpc) is 3.21. The number of furan rings is 1. The fourth-order valence-corrected chi connectivity index (χ4v) is 4.00. The second-order valence-electron chi connectivity index (χ2n) is 7.71. The number of nitrogens with zero attached hydrogens (tertiary/aromatic N) is 3. The van der Waals surface area contributed by atoms with Crippen molar-refractivity contribution in [2.45, 2.75) is 12.5 Å². The summed E-state index contributed by atoms with van der Waals surface area (Å²) < 4.78 is 24.0. The molecule has 2 amide bonds. The Bertz CT molecular complexity index is 856. The SMILES string of the molecule is O=C(c1ccc(F)cc1)N1CCCN(CC2CN(C(=O)c3ccoc3)CCO2)CC1. The molecule has 160 valence electrons. The predicted octanol–water partition coefficient (Wildman–Crippen LogP) is 2.11. The van der Waals surface area contributed by atoms with Crippen LogP contribution in [0.5, 0.6) is 0 Å². The highest BCUT2D eigenvalue weighted by Crippen LogP contribution is 2.15. The number of halogens is 1. The Balaban J connectivity index is 1.30. The van der Waals surface area contributed by atoms with E-state index >= 15 is 0 Å². The number of hydrogen-bond donors (Lipinski definition) is 0. The van der Waals surface area contributed by atoms with Gasteiger partial charge in [-0.15, -0.1) is 0 Å². The van der Waals surface area contributed by atoms with Gasteiger partial charge in [0, 0.05) is 44.8 Å². The van der Waals surface area contributed by atoms with Gasteiger partial charge in [0.25, 0.3) is 11.8 Å². The quantitative estimate of drug-likeness (QED) is 0.765. The fraction of sp³-hybridized carbons (Fsp3) is 0.455. The summed E-state index contributed by atoms with van der Waals surface area (Å²) in [6.45, 7) is 5.22. The lowest BCUT2D eigenvalue weighted by molar-refractivity contribution is -0.0353. The largest absolute Gasteiger partial charge is 0.472 e. The van der Waals surface area contributed by atoms with Crippen LogP contribution in [0.4, 0.5) is 4.39 Å². The third-order valence-electron chi connectivity index (χ3n) is 5.62. The van der Waals surface area contributed by atoms with Crippen molar-refractivity contribution in [2.24, 2.45) is 0 Å². The minimum atomic E-state index is -0.346. The molecule has 1 unspecified atom stereocenters. The second kappa shape index (κ2) is 9.40. The molecule has 0 radical (unpaired) electrons. The van der Waals surface area contributed by atoms with E-state index in [1.54, 1.807) is 11.0 Å². The molecule has 0 saturated carbocycles. The molecule has 7 nitrogen and oxygen atoms in total. The molecular formula is C22H26FN3O4. The Labute approximate surface area is 175 Å². The van der Waals surface area contributed by atoms with E-state index in [4.69, 9.17) is 9.15 Å². The minimum Gasteiger partial charge on any atom is -0.472 e. The molecule has 0 aliphatic carbocycles. The molecule has 2 aliphatic rings. The standard InChI is InChI=1S/C22H26FN3O4/c23-19-4-2-17(3-5-19)21(27)25-8-1-7-24(9-10-25)14-20-15-26(11-13-30-20)22(28)18-6-12-29-16-18/h2-6,12,16,20H,1,7-11,13-15H2. The van der Waals surface area contributed by atoms with Crippen molar-refractivity contribution < 1.29 is 23.1 Å². The molecule has 1 atom stereocenters. The molecule has 3 heterocycles. The molecule has 30 heavy (non-hydrogen) atoms. The first-order valence-corrected chi connectivity index (χ1v) is 10.3. The van der Waals surface area contributed by atoms with Gasteiger partial charge in [0.15, 0.2) is 0 Å². The van der Waals surface area contributed by atoms with Crippen LogP contribution in [-0.2, 0) is 4.74 Å². The van der Waals surface area contributed by atoms with Crippen LogP contribution in [0.2, 0.25) is 0 Å². The maximum Gasteiger partial charge on any atom is 0.257 e. The number of hydrogen-bond acceptors (Lipinski definition) is 5. The van der Waals surface area contributed by atoms with Crippen LogP contribution >= 0.6 is 0 Å². The number of ether oxygens (including phenoxy) is 1. The van der Waals surface area contributed by atoms with Crippen LogP contribution in [0.3, 0.4) is 0 Å². The number of benzene rings is 1. The van der Waals surface area contributed by atoms with Crippen LogP contribution in [0.15, 0.2) is 47.3 Å². The van der Waals surface area contributed by atoms with Crippen LogP contribution in [0, 0.1) is 5.82 Å². The molecule has 0 bridgehead atoms. The molecule has 1 aromatic heterocycles. The number of morpholine rings is 1. The van der Waals surface area contributed by atoms with Gasteiger partial charge in [-0.3, -0.25) is 14.5 Å². The van der Waals surface area contributed by atoms with Gasteiger partial charge in [0.2, 0.25) is 0 Å². The number of amides is 2. The summed E-state index contributed by atoms with van der Waals surface area (Å²) in [6.07, 6.45) is 3.77. The second-order valence-corrected chi connectivity index (χ2v) is 7.71. The third-order valence-corrected chi connectivity index (χ3v) is 5.62. The van der Waals surface area contributed by atoms with Crippen molar-refractivity contribution in [3.05, 3.63) is 59.8 Å². The topological polar surface area (TPSA) is 66.2 Å². The van der Waals surface area contributed by atoms with Gasteiger partial charge in [0.05, 0.1) is 24.5 Å². The lowest BCUT2D eigenvalue weighted by Crippen LogP contribution is -2.50.